The molecule has 4 unspecified atom stereocenters. The van der Waals surface area contributed by atoms with Crippen molar-refractivity contribution < 1.29 is 26.6 Å². The van der Waals surface area contributed by atoms with Gasteiger partial charge in [0.15, 0.2) is 0 Å². The molecule has 0 radical (unpaired) electrons. The van der Waals surface area contributed by atoms with E-state index in [0.29, 0.717) is 21.6 Å². The molecule has 0 aromatic rings. The van der Waals surface area contributed by atoms with Crippen molar-refractivity contribution in [2.45, 2.75) is 72.9 Å². The Morgan fingerprint density at radius 2 is 0.867 bits per heavy atom. The highest BCUT2D eigenvalue weighted by atomic mass is 33.7. The highest BCUT2D eigenvalue weighted by Crippen LogP contribution is 2.54. The van der Waals surface area contributed by atoms with Crippen LogP contribution in [0.15, 0.2) is 0 Å². The van der Waals surface area contributed by atoms with Crippen LogP contribution in [0.25, 0.3) is 0 Å². The van der Waals surface area contributed by atoms with Gasteiger partial charge in [0.25, 0.3) is 0 Å². The minimum absolute atomic E-state index is 0.399. The predicted molar refractivity (Wildman–Crippen MR) is 136 cm³/mol. The van der Waals surface area contributed by atoms with E-state index in [1.807, 2.05) is 41.2 Å². The quantitative estimate of drug-likeness (QED) is 0.159. The van der Waals surface area contributed by atoms with E-state index >= 15 is 0 Å². The normalized spacial score (nSPS) is 28.6. The van der Waals surface area contributed by atoms with Gasteiger partial charge in [-0.2, -0.15) is 0 Å². The Labute approximate surface area is 200 Å². The van der Waals surface area contributed by atoms with Gasteiger partial charge in [0, 0.05) is 64.2 Å². The Hall–Kier alpha value is 1.59. The Morgan fingerprint density at radius 1 is 0.533 bits per heavy atom. The molecule has 0 spiro atoms. The average Bonchev–Trinajstić information content (AvgIpc) is 2.81. The van der Waals surface area contributed by atoms with E-state index in [1.54, 1.807) is 42.7 Å². The zero-order chi connectivity index (χ0) is 22.0. The van der Waals surface area contributed by atoms with Gasteiger partial charge in [0.2, 0.25) is 0 Å². The van der Waals surface area contributed by atoms with Gasteiger partial charge in [-0.25, -0.2) is 0 Å². The molecule has 30 heavy (non-hydrogen) atoms. The summed E-state index contributed by atoms with van der Waals surface area (Å²) < 4.78 is 34.4. The number of rotatable bonds is 13. The first kappa shape index (κ1) is 27.8. The van der Waals surface area contributed by atoms with E-state index in [1.165, 1.54) is 25.7 Å². The van der Waals surface area contributed by atoms with Gasteiger partial charge in [-0.1, -0.05) is 34.4 Å². The third-order valence-corrected chi connectivity index (χ3v) is 20.1. The maximum Gasteiger partial charge on any atom is 0.503 e. The summed E-state index contributed by atoms with van der Waals surface area (Å²) in [5, 5.41) is 1.26. The van der Waals surface area contributed by atoms with Crippen molar-refractivity contribution >= 4 is 58.8 Å². The maximum atomic E-state index is 5.74. The number of hydrogen-bond acceptors (Lipinski definition) is 10. The third kappa shape index (κ3) is 7.05. The van der Waals surface area contributed by atoms with Gasteiger partial charge < -0.3 is 26.6 Å². The predicted octanol–water partition coefficient (Wildman–Crippen LogP) is 6.05. The van der Waals surface area contributed by atoms with Crippen molar-refractivity contribution in [2.24, 2.45) is 0 Å². The molecule has 0 aromatic carbocycles. The summed E-state index contributed by atoms with van der Waals surface area (Å²) in [6.07, 6.45) is 9.45. The lowest BCUT2D eigenvalue weighted by atomic mass is 9.99. The van der Waals surface area contributed by atoms with Crippen LogP contribution < -0.4 is 0 Å². The van der Waals surface area contributed by atoms with E-state index in [-0.39, 0.29) is 0 Å². The first-order chi connectivity index (χ1) is 14.5. The second kappa shape index (κ2) is 14.1. The summed E-state index contributed by atoms with van der Waals surface area (Å²) in [5.41, 5.74) is 0.799. The Morgan fingerprint density at radius 3 is 1.17 bits per heavy atom. The van der Waals surface area contributed by atoms with E-state index < -0.39 is 17.6 Å². The number of hydrogen-bond donors (Lipinski definition) is 0. The fourth-order valence-electron chi connectivity index (χ4n) is 4.75. The molecule has 2 fully saturated rings. The van der Waals surface area contributed by atoms with Crippen molar-refractivity contribution in [3.63, 3.8) is 0 Å². The smallest absolute Gasteiger partial charge is 0.377 e. The van der Waals surface area contributed by atoms with Crippen LogP contribution in [0.1, 0.15) is 51.4 Å². The molecule has 2 saturated carbocycles. The second-order valence-electron chi connectivity index (χ2n) is 7.73. The standard InChI is InChI=1S/C18H38O6S4Si2/c1-19-29(20-2,21-3)17-11-7-9-15(13-17)25-27-28-26-16-10-8-12-18(14-16)30(22-4,23-5)24-6/h15-18H,7-14H2,1-6H3. The van der Waals surface area contributed by atoms with Gasteiger partial charge in [-0.3, -0.25) is 0 Å². The molecule has 12 heteroatoms. The van der Waals surface area contributed by atoms with Crippen LogP contribution >= 0.6 is 41.2 Å². The van der Waals surface area contributed by atoms with Gasteiger partial charge >= 0.3 is 17.6 Å². The van der Waals surface area contributed by atoms with Crippen LogP contribution in [0.5, 0.6) is 0 Å². The summed E-state index contributed by atoms with van der Waals surface area (Å²) in [5.74, 6) is 0. The highest BCUT2D eigenvalue weighted by molar-refractivity contribution is 9.26. The first-order valence-corrected chi connectivity index (χ1v) is 19.0. The fraction of sp³-hybridized carbons (Fsp3) is 1.00. The summed E-state index contributed by atoms with van der Waals surface area (Å²) in [6.45, 7) is 0. The van der Waals surface area contributed by atoms with E-state index in [4.69, 9.17) is 26.6 Å². The minimum Gasteiger partial charge on any atom is -0.377 e. The third-order valence-electron chi connectivity index (χ3n) is 6.34. The lowest BCUT2D eigenvalue weighted by Gasteiger charge is -2.37. The zero-order valence-electron chi connectivity index (χ0n) is 19.0. The summed E-state index contributed by atoms with van der Waals surface area (Å²) in [7, 11) is 13.1. The van der Waals surface area contributed by atoms with Crippen LogP contribution in [0.2, 0.25) is 11.1 Å². The lowest BCUT2D eigenvalue weighted by molar-refractivity contribution is 0.104. The largest absolute Gasteiger partial charge is 0.503 e. The maximum absolute atomic E-state index is 5.74. The summed E-state index contributed by atoms with van der Waals surface area (Å²) in [6, 6.07) is 0. The second-order valence-corrected chi connectivity index (χ2v) is 20.6. The Kier molecular flexibility index (Phi) is 13.1. The van der Waals surface area contributed by atoms with Gasteiger partial charge in [0.05, 0.1) is 0 Å². The van der Waals surface area contributed by atoms with Crippen molar-refractivity contribution in [1.29, 1.82) is 0 Å². The van der Waals surface area contributed by atoms with Crippen molar-refractivity contribution in [3.8, 4) is 0 Å². The van der Waals surface area contributed by atoms with Crippen LogP contribution in [0.4, 0.5) is 0 Å². The molecule has 178 valence electrons. The molecule has 0 aliphatic heterocycles. The van der Waals surface area contributed by atoms with Gasteiger partial charge in [0.1, 0.15) is 0 Å². The molecule has 0 heterocycles. The van der Waals surface area contributed by atoms with Crippen LogP contribution in [-0.2, 0) is 26.6 Å². The summed E-state index contributed by atoms with van der Waals surface area (Å²) in [4.78, 5) is 0. The van der Waals surface area contributed by atoms with Crippen molar-refractivity contribution in [2.75, 3.05) is 42.7 Å². The molecule has 2 aliphatic carbocycles. The highest BCUT2D eigenvalue weighted by Gasteiger charge is 2.50. The lowest BCUT2D eigenvalue weighted by Crippen LogP contribution is -2.49. The minimum atomic E-state index is -2.54. The molecule has 4 atom stereocenters. The Bertz CT molecular complexity index is 429. The molecular weight excluding hydrogens is 497 g/mol. The fourth-order valence-corrected chi connectivity index (χ4v) is 18.0. The van der Waals surface area contributed by atoms with Gasteiger partial charge in [-0.15, -0.1) is 0 Å². The van der Waals surface area contributed by atoms with E-state index in [9.17, 15) is 0 Å². The molecule has 0 N–H and O–H groups in total. The van der Waals surface area contributed by atoms with Crippen molar-refractivity contribution in [3.05, 3.63) is 0 Å². The van der Waals surface area contributed by atoms with E-state index in [2.05, 4.69) is 0 Å². The van der Waals surface area contributed by atoms with Crippen LogP contribution in [-0.4, -0.2) is 70.8 Å². The molecule has 0 saturated heterocycles. The molecular formula is C18H38O6S4Si2. The molecule has 2 rings (SSSR count). The Balaban J connectivity index is 1.75. The SMILES string of the molecule is CO[Si](OC)(OC)C1CCCC(SSSSC2CCCC([Si](OC)(OC)OC)C2)C1. The molecule has 0 bridgehead atoms. The zero-order valence-corrected chi connectivity index (χ0v) is 24.3. The first-order valence-electron chi connectivity index (χ1n) is 10.5. The molecule has 2 aliphatic rings. The van der Waals surface area contributed by atoms with E-state index in [0.717, 1.165) is 25.7 Å². The van der Waals surface area contributed by atoms with Crippen molar-refractivity contribution in [1.82, 2.24) is 0 Å². The monoisotopic (exact) mass is 534 g/mol. The van der Waals surface area contributed by atoms with Crippen LogP contribution in [0.3, 0.4) is 0 Å². The molecule has 0 aromatic heterocycles. The molecule has 0 amide bonds. The van der Waals surface area contributed by atoms with Crippen LogP contribution in [0, 0.1) is 0 Å². The summed E-state index contributed by atoms with van der Waals surface area (Å²) >= 11 is 0. The van der Waals surface area contributed by atoms with Gasteiger partial charge in [-0.05, 0) is 58.2 Å². The topological polar surface area (TPSA) is 55.4 Å². The molecule has 6 nitrogen and oxygen atoms in total. The average molecular weight is 535 g/mol.